The van der Waals surface area contributed by atoms with Gasteiger partial charge in [0, 0.05) is 12.6 Å². The standard InChI is InChI=1S/C8H9NO4/c1-2-9-8(12)7-6(11)5(10)3-4-13-7/h3-4,11H,2H2,1H3,(H,9,12). The topological polar surface area (TPSA) is 79.5 Å². The van der Waals surface area contributed by atoms with Crippen LogP contribution < -0.4 is 10.7 Å². The number of nitrogens with one attached hydrogen (secondary N) is 1. The number of aromatic hydroxyl groups is 1. The highest BCUT2D eigenvalue weighted by atomic mass is 16.4. The van der Waals surface area contributed by atoms with Crippen molar-refractivity contribution in [1.29, 1.82) is 0 Å². The van der Waals surface area contributed by atoms with Crippen LogP contribution in [0.15, 0.2) is 21.5 Å². The Kier molecular flexibility index (Phi) is 2.69. The highest BCUT2D eigenvalue weighted by Gasteiger charge is 2.14. The largest absolute Gasteiger partial charge is 0.501 e. The van der Waals surface area contributed by atoms with Crippen LogP contribution in [0.2, 0.25) is 0 Å². The number of carbonyl (C=O) groups excluding carboxylic acids is 1. The molecule has 0 spiro atoms. The van der Waals surface area contributed by atoms with Crippen LogP contribution in [0.1, 0.15) is 17.5 Å². The molecule has 5 heteroatoms. The summed E-state index contributed by atoms with van der Waals surface area (Å²) in [7, 11) is 0. The Balaban J connectivity index is 3.08. The third-order valence-corrected chi connectivity index (χ3v) is 1.40. The third-order valence-electron chi connectivity index (χ3n) is 1.40. The highest BCUT2D eigenvalue weighted by Crippen LogP contribution is 2.09. The lowest BCUT2D eigenvalue weighted by atomic mass is 10.3. The summed E-state index contributed by atoms with van der Waals surface area (Å²) >= 11 is 0. The van der Waals surface area contributed by atoms with Crippen molar-refractivity contribution in [3.8, 4) is 5.75 Å². The van der Waals surface area contributed by atoms with E-state index in [0.29, 0.717) is 6.54 Å². The maximum atomic E-state index is 11.1. The van der Waals surface area contributed by atoms with Crippen molar-refractivity contribution in [2.75, 3.05) is 6.54 Å². The van der Waals surface area contributed by atoms with Gasteiger partial charge >= 0.3 is 0 Å². The molecule has 0 aliphatic carbocycles. The van der Waals surface area contributed by atoms with E-state index in [0.717, 1.165) is 12.3 Å². The monoisotopic (exact) mass is 183 g/mol. The van der Waals surface area contributed by atoms with E-state index >= 15 is 0 Å². The van der Waals surface area contributed by atoms with E-state index < -0.39 is 17.1 Å². The number of carbonyl (C=O) groups is 1. The van der Waals surface area contributed by atoms with Crippen LogP contribution >= 0.6 is 0 Å². The summed E-state index contributed by atoms with van der Waals surface area (Å²) in [6, 6.07) is 1.04. The Morgan fingerprint density at radius 2 is 2.38 bits per heavy atom. The summed E-state index contributed by atoms with van der Waals surface area (Å²) in [5, 5.41) is 11.5. The molecule has 0 fully saturated rings. The molecule has 0 aromatic carbocycles. The zero-order valence-electron chi connectivity index (χ0n) is 7.03. The van der Waals surface area contributed by atoms with Crippen LogP contribution in [0.25, 0.3) is 0 Å². The predicted octanol–water partition coefficient (Wildman–Crippen LogP) is 0.0951. The first-order valence-electron chi connectivity index (χ1n) is 3.75. The van der Waals surface area contributed by atoms with Gasteiger partial charge in [-0.05, 0) is 6.92 Å². The SMILES string of the molecule is CCNC(=O)c1occc(=O)c1O. The Hall–Kier alpha value is -1.78. The van der Waals surface area contributed by atoms with Gasteiger partial charge in [0.2, 0.25) is 16.9 Å². The predicted molar refractivity (Wildman–Crippen MR) is 44.7 cm³/mol. The van der Waals surface area contributed by atoms with Gasteiger partial charge in [0.25, 0.3) is 5.91 Å². The average Bonchev–Trinajstić information content (AvgIpc) is 2.10. The molecule has 0 radical (unpaired) electrons. The van der Waals surface area contributed by atoms with Crippen molar-refractivity contribution in [2.24, 2.45) is 0 Å². The van der Waals surface area contributed by atoms with Gasteiger partial charge in [-0.25, -0.2) is 0 Å². The van der Waals surface area contributed by atoms with Crippen LogP contribution in [0.4, 0.5) is 0 Å². The van der Waals surface area contributed by atoms with Crippen LogP contribution in [0, 0.1) is 0 Å². The fourth-order valence-electron chi connectivity index (χ4n) is 0.812. The maximum Gasteiger partial charge on any atom is 0.291 e. The minimum atomic E-state index is -0.659. The smallest absolute Gasteiger partial charge is 0.291 e. The minimum absolute atomic E-state index is 0.352. The first-order chi connectivity index (χ1) is 6.16. The van der Waals surface area contributed by atoms with Crippen molar-refractivity contribution < 1.29 is 14.3 Å². The van der Waals surface area contributed by atoms with Gasteiger partial charge < -0.3 is 14.8 Å². The van der Waals surface area contributed by atoms with Gasteiger partial charge in [0.15, 0.2) is 0 Å². The van der Waals surface area contributed by atoms with E-state index in [9.17, 15) is 9.59 Å². The molecule has 1 heterocycles. The molecule has 2 N–H and O–H groups in total. The van der Waals surface area contributed by atoms with Crippen molar-refractivity contribution in [1.82, 2.24) is 5.32 Å². The lowest BCUT2D eigenvalue weighted by Crippen LogP contribution is -2.23. The van der Waals surface area contributed by atoms with E-state index in [1.807, 2.05) is 0 Å². The molecule has 13 heavy (non-hydrogen) atoms. The lowest BCUT2D eigenvalue weighted by Gasteiger charge is -2.01. The van der Waals surface area contributed by atoms with E-state index in [2.05, 4.69) is 5.32 Å². The second kappa shape index (κ2) is 3.75. The normalized spacial score (nSPS) is 9.62. The first kappa shape index (κ1) is 9.31. The van der Waals surface area contributed by atoms with Crippen LogP contribution in [-0.2, 0) is 0 Å². The molecule has 1 rings (SSSR count). The van der Waals surface area contributed by atoms with E-state index in [4.69, 9.17) is 9.52 Å². The van der Waals surface area contributed by atoms with Gasteiger partial charge in [0.05, 0.1) is 6.26 Å². The van der Waals surface area contributed by atoms with Gasteiger partial charge in [-0.15, -0.1) is 0 Å². The lowest BCUT2D eigenvalue weighted by molar-refractivity contribution is 0.0920. The fraction of sp³-hybridized carbons (Fsp3) is 0.250. The molecule has 0 aliphatic heterocycles. The second-order valence-electron chi connectivity index (χ2n) is 2.32. The molecule has 0 atom stereocenters. The van der Waals surface area contributed by atoms with Crippen molar-refractivity contribution in [3.63, 3.8) is 0 Å². The van der Waals surface area contributed by atoms with Gasteiger partial charge in [0.1, 0.15) is 0 Å². The number of rotatable bonds is 2. The molecule has 0 saturated carbocycles. The Morgan fingerprint density at radius 3 is 3.00 bits per heavy atom. The number of amides is 1. The molecule has 5 nitrogen and oxygen atoms in total. The molecule has 0 unspecified atom stereocenters. The first-order valence-corrected chi connectivity index (χ1v) is 3.75. The summed E-state index contributed by atoms with van der Waals surface area (Å²) in [5.74, 6) is -1.61. The summed E-state index contributed by atoms with van der Waals surface area (Å²) < 4.78 is 4.69. The molecule has 1 aromatic heterocycles. The van der Waals surface area contributed by atoms with Crippen LogP contribution in [0.3, 0.4) is 0 Å². The Labute approximate surface area is 74.0 Å². The van der Waals surface area contributed by atoms with E-state index in [-0.39, 0.29) is 5.76 Å². The number of hydrogen-bond donors (Lipinski definition) is 2. The van der Waals surface area contributed by atoms with Crippen molar-refractivity contribution in [3.05, 3.63) is 28.3 Å². The van der Waals surface area contributed by atoms with E-state index in [1.165, 1.54) is 0 Å². The van der Waals surface area contributed by atoms with Crippen LogP contribution in [0.5, 0.6) is 5.75 Å². The molecule has 1 aromatic rings. The van der Waals surface area contributed by atoms with Gasteiger partial charge in [-0.1, -0.05) is 0 Å². The quantitative estimate of drug-likeness (QED) is 0.681. The average molecular weight is 183 g/mol. The Morgan fingerprint density at radius 1 is 1.69 bits per heavy atom. The summed E-state index contributed by atoms with van der Waals surface area (Å²) in [6.07, 6.45) is 1.06. The highest BCUT2D eigenvalue weighted by molar-refractivity contribution is 5.93. The molecule has 1 amide bonds. The molecule has 0 saturated heterocycles. The van der Waals surface area contributed by atoms with Crippen molar-refractivity contribution in [2.45, 2.75) is 6.92 Å². The number of hydrogen-bond acceptors (Lipinski definition) is 4. The van der Waals surface area contributed by atoms with E-state index in [1.54, 1.807) is 6.92 Å². The second-order valence-corrected chi connectivity index (χ2v) is 2.32. The zero-order valence-corrected chi connectivity index (χ0v) is 7.03. The van der Waals surface area contributed by atoms with Crippen LogP contribution in [-0.4, -0.2) is 17.6 Å². The minimum Gasteiger partial charge on any atom is -0.501 e. The molecule has 0 bridgehead atoms. The molecule has 70 valence electrons. The summed E-state index contributed by atoms with van der Waals surface area (Å²) in [4.78, 5) is 22.0. The maximum absolute atomic E-state index is 11.1. The van der Waals surface area contributed by atoms with Crippen molar-refractivity contribution >= 4 is 5.91 Å². The molecule has 0 aliphatic rings. The summed E-state index contributed by atoms with van der Waals surface area (Å²) in [5.41, 5.74) is -0.632. The zero-order chi connectivity index (χ0) is 9.84. The Bertz CT molecular complexity index is 369. The van der Waals surface area contributed by atoms with Gasteiger partial charge in [-0.2, -0.15) is 0 Å². The molecular formula is C8H9NO4. The van der Waals surface area contributed by atoms with Gasteiger partial charge in [-0.3, -0.25) is 9.59 Å². The fourth-order valence-corrected chi connectivity index (χ4v) is 0.812. The third kappa shape index (κ3) is 1.87. The summed E-state index contributed by atoms with van der Waals surface area (Å²) in [6.45, 7) is 2.12. The molecular weight excluding hydrogens is 174 g/mol.